The van der Waals surface area contributed by atoms with Crippen molar-refractivity contribution in [3.63, 3.8) is 0 Å². The fourth-order valence-electron chi connectivity index (χ4n) is 1.71. The SMILES string of the molecule is CN(CCCCCO)S(=O)(=O)c1cc(Cl)ccc1C#N. The lowest BCUT2D eigenvalue weighted by molar-refractivity contribution is 0.281. The lowest BCUT2D eigenvalue weighted by atomic mass is 10.2. The quantitative estimate of drug-likeness (QED) is 0.780. The third kappa shape index (κ3) is 4.18. The molecule has 20 heavy (non-hydrogen) atoms. The van der Waals surface area contributed by atoms with Crippen molar-refractivity contribution in [3.05, 3.63) is 28.8 Å². The Balaban J connectivity index is 2.93. The number of nitrogens with zero attached hydrogens (tertiary/aromatic N) is 2. The topological polar surface area (TPSA) is 81.4 Å². The monoisotopic (exact) mass is 316 g/mol. The van der Waals surface area contributed by atoms with E-state index in [9.17, 15) is 8.42 Å². The molecule has 0 heterocycles. The Labute approximate surface area is 124 Å². The highest BCUT2D eigenvalue weighted by molar-refractivity contribution is 7.89. The number of hydrogen-bond acceptors (Lipinski definition) is 4. The van der Waals surface area contributed by atoms with Crippen LogP contribution in [-0.2, 0) is 10.0 Å². The first-order chi connectivity index (χ1) is 9.43. The zero-order chi connectivity index (χ0) is 15.2. The van der Waals surface area contributed by atoms with Gasteiger partial charge in [-0.2, -0.15) is 5.26 Å². The molecule has 0 aromatic heterocycles. The number of hydrogen-bond donors (Lipinski definition) is 1. The zero-order valence-corrected chi connectivity index (χ0v) is 12.8. The van der Waals surface area contributed by atoms with Gasteiger partial charge in [-0.05, 0) is 37.5 Å². The van der Waals surface area contributed by atoms with Gasteiger partial charge in [0.1, 0.15) is 11.0 Å². The summed E-state index contributed by atoms with van der Waals surface area (Å²) in [6, 6.07) is 6.04. The maximum atomic E-state index is 12.4. The molecular weight excluding hydrogens is 300 g/mol. The van der Waals surface area contributed by atoms with Crippen molar-refractivity contribution in [2.24, 2.45) is 0 Å². The Morgan fingerprint density at radius 1 is 1.35 bits per heavy atom. The van der Waals surface area contributed by atoms with E-state index in [1.807, 2.05) is 6.07 Å². The Morgan fingerprint density at radius 3 is 2.65 bits per heavy atom. The van der Waals surface area contributed by atoms with E-state index in [0.717, 1.165) is 6.42 Å². The predicted molar refractivity (Wildman–Crippen MR) is 76.9 cm³/mol. The van der Waals surface area contributed by atoms with Gasteiger partial charge in [0.05, 0.1) is 5.56 Å². The Morgan fingerprint density at radius 2 is 2.05 bits per heavy atom. The molecule has 0 radical (unpaired) electrons. The highest BCUT2D eigenvalue weighted by atomic mass is 35.5. The van der Waals surface area contributed by atoms with Crippen LogP contribution >= 0.6 is 11.6 Å². The van der Waals surface area contributed by atoms with E-state index in [4.69, 9.17) is 22.0 Å². The van der Waals surface area contributed by atoms with Crippen molar-refractivity contribution < 1.29 is 13.5 Å². The second-order valence-electron chi connectivity index (χ2n) is 4.36. The van der Waals surface area contributed by atoms with Crippen LogP contribution in [0, 0.1) is 11.3 Å². The van der Waals surface area contributed by atoms with E-state index in [0.29, 0.717) is 19.4 Å². The minimum absolute atomic E-state index is 0.0721. The first-order valence-corrected chi connectivity index (χ1v) is 8.02. The van der Waals surface area contributed by atoms with Gasteiger partial charge in [0.2, 0.25) is 10.0 Å². The van der Waals surface area contributed by atoms with E-state index < -0.39 is 10.0 Å². The average molecular weight is 317 g/mol. The number of aliphatic hydroxyl groups excluding tert-OH is 1. The third-order valence-electron chi connectivity index (χ3n) is 2.88. The summed E-state index contributed by atoms with van der Waals surface area (Å²) in [6.45, 7) is 0.434. The molecule has 0 aliphatic heterocycles. The highest BCUT2D eigenvalue weighted by Crippen LogP contribution is 2.23. The van der Waals surface area contributed by atoms with Gasteiger partial charge in [-0.1, -0.05) is 11.6 Å². The number of sulfonamides is 1. The van der Waals surface area contributed by atoms with Crippen LogP contribution in [0.15, 0.2) is 23.1 Å². The number of nitriles is 1. The first-order valence-electron chi connectivity index (χ1n) is 6.20. The summed E-state index contributed by atoms with van der Waals surface area (Å²) in [5.74, 6) is 0. The van der Waals surface area contributed by atoms with Gasteiger partial charge in [0.25, 0.3) is 0 Å². The van der Waals surface area contributed by atoms with Gasteiger partial charge in [-0.25, -0.2) is 12.7 Å². The minimum Gasteiger partial charge on any atom is -0.396 e. The molecule has 0 amide bonds. The molecule has 0 aliphatic carbocycles. The van der Waals surface area contributed by atoms with Crippen LogP contribution < -0.4 is 0 Å². The van der Waals surface area contributed by atoms with Gasteiger partial charge < -0.3 is 5.11 Å². The lowest BCUT2D eigenvalue weighted by Crippen LogP contribution is -2.28. The molecule has 0 saturated carbocycles. The third-order valence-corrected chi connectivity index (χ3v) is 5.02. The van der Waals surface area contributed by atoms with Gasteiger partial charge in [-0.15, -0.1) is 0 Å². The minimum atomic E-state index is -3.73. The molecule has 0 fully saturated rings. The Hall–Kier alpha value is -1.13. The number of benzene rings is 1. The number of rotatable bonds is 7. The summed E-state index contributed by atoms with van der Waals surface area (Å²) in [5, 5.41) is 18.0. The molecule has 0 spiro atoms. The number of unbranched alkanes of at least 4 members (excludes halogenated alkanes) is 2. The van der Waals surface area contributed by atoms with Crippen LogP contribution in [0.5, 0.6) is 0 Å². The lowest BCUT2D eigenvalue weighted by Gasteiger charge is -2.18. The van der Waals surface area contributed by atoms with Crippen molar-refractivity contribution in [1.29, 1.82) is 5.26 Å². The van der Waals surface area contributed by atoms with Crippen LogP contribution in [0.25, 0.3) is 0 Å². The average Bonchev–Trinajstić information content (AvgIpc) is 2.43. The summed E-state index contributed by atoms with van der Waals surface area (Å²) in [4.78, 5) is -0.0721. The molecule has 1 N–H and O–H groups in total. The largest absolute Gasteiger partial charge is 0.396 e. The highest BCUT2D eigenvalue weighted by Gasteiger charge is 2.24. The summed E-state index contributed by atoms with van der Waals surface area (Å²) in [7, 11) is -2.26. The molecule has 0 bridgehead atoms. The van der Waals surface area contributed by atoms with Gasteiger partial charge in [0.15, 0.2) is 0 Å². The van der Waals surface area contributed by atoms with Crippen molar-refractivity contribution in [1.82, 2.24) is 4.31 Å². The van der Waals surface area contributed by atoms with E-state index >= 15 is 0 Å². The molecule has 1 aromatic rings. The van der Waals surface area contributed by atoms with Crippen molar-refractivity contribution in [3.8, 4) is 6.07 Å². The fourth-order valence-corrected chi connectivity index (χ4v) is 3.32. The summed E-state index contributed by atoms with van der Waals surface area (Å²) >= 11 is 5.81. The molecule has 0 aliphatic rings. The molecule has 1 aromatic carbocycles. The molecular formula is C13H17ClN2O3S. The van der Waals surface area contributed by atoms with E-state index in [1.165, 1.54) is 29.6 Å². The van der Waals surface area contributed by atoms with Gasteiger partial charge >= 0.3 is 0 Å². The summed E-state index contributed by atoms with van der Waals surface area (Å²) < 4.78 is 26.0. The molecule has 7 heteroatoms. The normalized spacial score (nSPS) is 11.6. The maximum absolute atomic E-state index is 12.4. The zero-order valence-electron chi connectivity index (χ0n) is 11.2. The maximum Gasteiger partial charge on any atom is 0.244 e. The van der Waals surface area contributed by atoms with E-state index in [-0.39, 0.29) is 22.1 Å². The van der Waals surface area contributed by atoms with Crippen LogP contribution in [0.1, 0.15) is 24.8 Å². The molecule has 5 nitrogen and oxygen atoms in total. The molecule has 0 atom stereocenters. The van der Waals surface area contributed by atoms with Crippen molar-refractivity contribution in [2.45, 2.75) is 24.2 Å². The number of aliphatic hydroxyl groups is 1. The van der Waals surface area contributed by atoms with Crippen LogP contribution in [0.4, 0.5) is 0 Å². The summed E-state index contributed by atoms with van der Waals surface area (Å²) in [6.07, 6.45) is 2.05. The van der Waals surface area contributed by atoms with Gasteiger partial charge in [-0.3, -0.25) is 0 Å². The molecule has 0 unspecified atom stereocenters. The van der Waals surface area contributed by atoms with E-state index in [2.05, 4.69) is 0 Å². The van der Waals surface area contributed by atoms with Crippen LogP contribution in [0.3, 0.4) is 0 Å². The van der Waals surface area contributed by atoms with Crippen LogP contribution in [0.2, 0.25) is 5.02 Å². The fraction of sp³-hybridized carbons (Fsp3) is 0.462. The van der Waals surface area contributed by atoms with E-state index in [1.54, 1.807) is 0 Å². The first kappa shape index (κ1) is 16.9. The predicted octanol–water partition coefficient (Wildman–Crippen LogP) is 1.99. The van der Waals surface area contributed by atoms with Gasteiger partial charge in [0, 0.05) is 25.2 Å². The second-order valence-corrected chi connectivity index (χ2v) is 6.81. The van der Waals surface area contributed by atoms with Crippen LogP contribution in [-0.4, -0.2) is 38.0 Å². The van der Waals surface area contributed by atoms with Crippen molar-refractivity contribution >= 4 is 21.6 Å². The molecule has 1 rings (SSSR count). The van der Waals surface area contributed by atoms with Crippen molar-refractivity contribution in [2.75, 3.05) is 20.2 Å². The Bertz CT molecular complexity index is 596. The molecule has 110 valence electrons. The smallest absolute Gasteiger partial charge is 0.244 e. The standard InChI is InChI=1S/C13H17ClN2O3S/c1-16(7-3-2-4-8-17)20(18,19)13-9-12(14)6-5-11(13)10-15/h5-6,9,17H,2-4,7-8H2,1H3. The Kier molecular flexibility index (Phi) is 6.43. The number of halogens is 1. The molecule has 0 saturated heterocycles. The second kappa shape index (κ2) is 7.60. The summed E-state index contributed by atoms with van der Waals surface area (Å²) in [5.41, 5.74) is 0.0802.